The van der Waals surface area contributed by atoms with Gasteiger partial charge in [0, 0.05) is 13.2 Å². The Morgan fingerprint density at radius 2 is 2.58 bits per heavy atom. The topological polar surface area (TPSA) is 38.3 Å². The molecule has 3 nitrogen and oxygen atoms in total. The molecule has 2 unspecified atom stereocenters. The quantitative estimate of drug-likeness (QED) is 0.674. The molecule has 0 aromatic heterocycles. The minimum absolute atomic E-state index is 0.118. The van der Waals surface area contributed by atoms with Gasteiger partial charge < -0.3 is 10.1 Å². The van der Waals surface area contributed by atoms with Crippen LogP contribution in [0.15, 0.2) is 0 Å². The van der Waals surface area contributed by atoms with E-state index in [4.69, 9.17) is 16.3 Å². The summed E-state index contributed by atoms with van der Waals surface area (Å²) in [6.45, 7) is 3.07. The highest BCUT2D eigenvalue weighted by Crippen LogP contribution is 2.10. The van der Waals surface area contributed by atoms with E-state index >= 15 is 0 Å². The highest BCUT2D eigenvalue weighted by molar-refractivity contribution is 6.30. The van der Waals surface area contributed by atoms with Crippen molar-refractivity contribution in [2.75, 3.05) is 13.2 Å². The summed E-state index contributed by atoms with van der Waals surface area (Å²) in [7, 11) is 0. The predicted molar refractivity (Wildman–Crippen MR) is 47.3 cm³/mol. The third-order valence-corrected chi connectivity index (χ3v) is 2.09. The molecule has 1 amide bonds. The number of nitrogens with one attached hydrogen (secondary N) is 1. The average molecular weight is 192 g/mol. The summed E-state index contributed by atoms with van der Waals surface area (Å²) in [6.07, 6.45) is 2.33. The zero-order valence-electron chi connectivity index (χ0n) is 7.18. The van der Waals surface area contributed by atoms with E-state index in [-0.39, 0.29) is 12.0 Å². The summed E-state index contributed by atoms with van der Waals surface area (Å²) in [6, 6.07) is 0. The van der Waals surface area contributed by atoms with E-state index in [2.05, 4.69) is 5.32 Å². The van der Waals surface area contributed by atoms with E-state index in [0.717, 1.165) is 19.4 Å². The Morgan fingerprint density at radius 3 is 3.08 bits per heavy atom. The fraction of sp³-hybridized carbons (Fsp3) is 0.875. The van der Waals surface area contributed by atoms with Crippen LogP contribution in [-0.2, 0) is 9.53 Å². The van der Waals surface area contributed by atoms with Crippen molar-refractivity contribution in [1.29, 1.82) is 0 Å². The van der Waals surface area contributed by atoms with Crippen LogP contribution in [0.4, 0.5) is 0 Å². The highest BCUT2D eigenvalue weighted by Gasteiger charge is 2.17. The third kappa shape index (κ3) is 2.99. The van der Waals surface area contributed by atoms with Gasteiger partial charge in [0.05, 0.1) is 6.10 Å². The molecule has 0 aromatic rings. The molecule has 0 saturated carbocycles. The summed E-state index contributed by atoms with van der Waals surface area (Å²) in [4.78, 5) is 11.0. The molecule has 1 saturated heterocycles. The van der Waals surface area contributed by atoms with Gasteiger partial charge in [-0.2, -0.15) is 0 Å². The van der Waals surface area contributed by atoms with Gasteiger partial charge in [-0.3, -0.25) is 4.79 Å². The van der Waals surface area contributed by atoms with Gasteiger partial charge >= 0.3 is 0 Å². The minimum atomic E-state index is -0.452. The van der Waals surface area contributed by atoms with E-state index in [1.807, 2.05) is 0 Å². The summed E-state index contributed by atoms with van der Waals surface area (Å²) in [5, 5.41) is 2.28. The van der Waals surface area contributed by atoms with Crippen LogP contribution in [0.3, 0.4) is 0 Å². The van der Waals surface area contributed by atoms with Gasteiger partial charge in [0.15, 0.2) is 0 Å². The molecule has 0 aromatic carbocycles. The van der Waals surface area contributed by atoms with E-state index < -0.39 is 5.38 Å². The first-order valence-corrected chi connectivity index (χ1v) is 4.67. The van der Waals surface area contributed by atoms with Crippen molar-refractivity contribution >= 4 is 17.5 Å². The van der Waals surface area contributed by atoms with Crippen molar-refractivity contribution in [2.45, 2.75) is 31.2 Å². The Kier molecular flexibility index (Phi) is 3.82. The maximum absolute atomic E-state index is 11.0. The van der Waals surface area contributed by atoms with Gasteiger partial charge in [0.1, 0.15) is 5.38 Å². The van der Waals surface area contributed by atoms with E-state index in [1.165, 1.54) is 0 Å². The molecule has 0 radical (unpaired) electrons. The Bertz CT molecular complexity index is 155. The van der Waals surface area contributed by atoms with Crippen molar-refractivity contribution in [3.8, 4) is 0 Å². The van der Waals surface area contributed by atoms with Crippen LogP contribution in [0.1, 0.15) is 19.8 Å². The molecule has 12 heavy (non-hydrogen) atoms. The van der Waals surface area contributed by atoms with Crippen molar-refractivity contribution in [1.82, 2.24) is 5.32 Å². The summed E-state index contributed by atoms with van der Waals surface area (Å²) in [5.41, 5.74) is 0. The molecule has 0 aliphatic carbocycles. The first kappa shape index (κ1) is 9.81. The summed E-state index contributed by atoms with van der Waals surface area (Å²) < 4.78 is 5.33. The molecule has 1 heterocycles. The number of carbonyl (C=O) groups excluding carboxylic acids is 1. The number of ether oxygens (including phenoxy) is 1. The first-order chi connectivity index (χ1) is 5.70. The predicted octanol–water partition coefficient (Wildman–Crippen LogP) is 0.909. The Labute approximate surface area is 77.4 Å². The van der Waals surface area contributed by atoms with Crippen LogP contribution in [0.5, 0.6) is 0 Å². The second-order valence-electron chi connectivity index (χ2n) is 3.00. The monoisotopic (exact) mass is 191 g/mol. The Hall–Kier alpha value is -0.280. The number of carbonyl (C=O) groups is 1. The third-order valence-electron chi connectivity index (χ3n) is 1.89. The summed E-state index contributed by atoms with van der Waals surface area (Å²) >= 11 is 5.56. The van der Waals surface area contributed by atoms with Crippen LogP contribution < -0.4 is 5.32 Å². The van der Waals surface area contributed by atoms with Crippen molar-refractivity contribution in [3.05, 3.63) is 0 Å². The molecule has 0 bridgehead atoms. The van der Waals surface area contributed by atoms with E-state index in [9.17, 15) is 4.79 Å². The fourth-order valence-corrected chi connectivity index (χ4v) is 1.24. The standard InChI is InChI=1S/C8H14ClNO2/c1-6(9)8(11)10-5-7-3-2-4-12-7/h6-7H,2-5H2,1H3,(H,10,11). The van der Waals surface area contributed by atoms with Crippen LogP contribution in [0, 0.1) is 0 Å². The Balaban J connectivity index is 2.12. The lowest BCUT2D eigenvalue weighted by atomic mass is 10.2. The van der Waals surface area contributed by atoms with E-state index in [1.54, 1.807) is 6.92 Å². The number of amides is 1. The van der Waals surface area contributed by atoms with Gasteiger partial charge in [-0.25, -0.2) is 0 Å². The largest absolute Gasteiger partial charge is 0.376 e. The van der Waals surface area contributed by atoms with Crippen molar-refractivity contribution in [2.24, 2.45) is 0 Å². The van der Waals surface area contributed by atoms with Gasteiger partial charge in [-0.1, -0.05) is 0 Å². The maximum atomic E-state index is 11.0. The lowest BCUT2D eigenvalue weighted by Gasteiger charge is -2.11. The molecule has 1 fully saturated rings. The first-order valence-electron chi connectivity index (χ1n) is 4.23. The molecular weight excluding hydrogens is 178 g/mol. The zero-order valence-corrected chi connectivity index (χ0v) is 7.93. The molecule has 4 heteroatoms. The number of hydrogen-bond acceptors (Lipinski definition) is 2. The summed E-state index contributed by atoms with van der Waals surface area (Å²) in [5.74, 6) is -0.118. The van der Waals surface area contributed by atoms with Crippen LogP contribution in [0.25, 0.3) is 0 Å². The van der Waals surface area contributed by atoms with Crippen LogP contribution >= 0.6 is 11.6 Å². The normalized spacial score (nSPS) is 25.3. The number of alkyl halides is 1. The second kappa shape index (κ2) is 4.67. The molecule has 1 aliphatic rings. The minimum Gasteiger partial charge on any atom is -0.376 e. The number of hydrogen-bond donors (Lipinski definition) is 1. The number of rotatable bonds is 3. The van der Waals surface area contributed by atoms with E-state index in [0.29, 0.717) is 6.54 Å². The van der Waals surface area contributed by atoms with Crippen molar-refractivity contribution < 1.29 is 9.53 Å². The molecular formula is C8H14ClNO2. The molecule has 1 N–H and O–H groups in total. The SMILES string of the molecule is CC(Cl)C(=O)NCC1CCCO1. The smallest absolute Gasteiger partial charge is 0.237 e. The van der Waals surface area contributed by atoms with Crippen LogP contribution in [0.2, 0.25) is 0 Å². The lowest BCUT2D eigenvalue weighted by molar-refractivity contribution is -0.120. The van der Waals surface area contributed by atoms with Gasteiger partial charge in [-0.05, 0) is 19.8 Å². The molecule has 70 valence electrons. The fourth-order valence-electron chi connectivity index (χ4n) is 1.16. The molecule has 1 rings (SSSR count). The number of halogens is 1. The second-order valence-corrected chi connectivity index (χ2v) is 3.65. The van der Waals surface area contributed by atoms with Gasteiger partial charge in [0.2, 0.25) is 5.91 Å². The molecule has 2 atom stereocenters. The average Bonchev–Trinajstić information content (AvgIpc) is 2.51. The zero-order chi connectivity index (χ0) is 8.97. The Morgan fingerprint density at radius 1 is 1.83 bits per heavy atom. The van der Waals surface area contributed by atoms with Crippen LogP contribution in [-0.4, -0.2) is 30.5 Å². The van der Waals surface area contributed by atoms with Gasteiger partial charge in [-0.15, -0.1) is 11.6 Å². The van der Waals surface area contributed by atoms with Gasteiger partial charge in [0.25, 0.3) is 0 Å². The highest BCUT2D eigenvalue weighted by atomic mass is 35.5. The molecule has 0 spiro atoms. The lowest BCUT2D eigenvalue weighted by Crippen LogP contribution is -2.35. The molecule has 1 aliphatic heterocycles. The maximum Gasteiger partial charge on any atom is 0.237 e. The van der Waals surface area contributed by atoms with Crippen molar-refractivity contribution in [3.63, 3.8) is 0 Å².